The Kier molecular flexibility index (Phi) is 6.69. The zero-order valence-electron chi connectivity index (χ0n) is 19.6. The van der Waals surface area contributed by atoms with Gasteiger partial charge in [-0.25, -0.2) is 8.78 Å². The third-order valence-electron chi connectivity index (χ3n) is 5.92. The maximum absolute atomic E-state index is 14.0. The number of Topliss-reactive ketones (excluding diaryl/α,β-unsaturated/α-hetero) is 1. The van der Waals surface area contributed by atoms with E-state index < -0.39 is 29.4 Å². The van der Waals surface area contributed by atoms with Gasteiger partial charge in [0.2, 0.25) is 0 Å². The molecule has 5 nitrogen and oxygen atoms in total. The summed E-state index contributed by atoms with van der Waals surface area (Å²) in [5.41, 5.74) is 1.54. The van der Waals surface area contributed by atoms with Gasteiger partial charge in [0.05, 0.1) is 18.2 Å². The van der Waals surface area contributed by atoms with Crippen molar-refractivity contribution in [2.75, 3.05) is 11.5 Å². The quantitative estimate of drug-likeness (QED) is 0.264. The Hall–Kier alpha value is -4.00. The van der Waals surface area contributed by atoms with E-state index in [2.05, 4.69) is 0 Å². The van der Waals surface area contributed by atoms with E-state index in [1.165, 1.54) is 42.5 Å². The molecule has 1 atom stereocenters. The van der Waals surface area contributed by atoms with Crippen molar-refractivity contribution in [1.29, 1.82) is 0 Å². The number of nitrogens with zero attached hydrogens (tertiary/aromatic N) is 1. The van der Waals surface area contributed by atoms with Gasteiger partial charge in [0.1, 0.15) is 23.1 Å². The fourth-order valence-electron chi connectivity index (χ4n) is 4.27. The first-order chi connectivity index (χ1) is 16.7. The van der Waals surface area contributed by atoms with Crippen LogP contribution >= 0.6 is 0 Å². The molecule has 1 fully saturated rings. The summed E-state index contributed by atoms with van der Waals surface area (Å²) in [5.74, 6) is -2.56. The number of benzene rings is 3. The van der Waals surface area contributed by atoms with Gasteiger partial charge in [0, 0.05) is 11.3 Å². The van der Waals surface area contributed by atoms with E-state index in [1.54, 1.807) is 18.2 Å². The number of halogens is 2. The summed E-state index contributed by atoms with van der Waals surface area (Å²) >= 11 is 0. The average molecular weight is 478 g/mol. The van der Waals surface area contributed by atoms with E-state index in [0.29, 0.717) is 23.5 Å². The Morgan fingerprint density at radius 3 is 2.34 bits per heavy atom. The third kappa shape index (κ3) is 4.54. The van der Waals surface area contributed by atoms with E-state index in [1.807, 2.05) is 20.8 Å². The molecule has 4 rings (SSSR count). The first-order valence-corrected chi connectivity index (χ1v) is 11.3. The minimum absolute atomic E-state index is 0.0619. The maximum Gasteiger partial charge on any atom is 0.300 e. The molecule has 0 spiro atoms. The fraction of sp³-hybridized carbons (Fsp3) is 0.214. The minimum atomic E-state index is -1.08. The normalized spacial score (nSPS) is 17.3. The Morgan fingerprint density at radius 2 is 1.71 bits per heavy atom. The van der Waals surface area contributed by atoms with Gasteiger partial charge in [0.15, 0.2) is 0 Å². The van der Waals surface area contributed by atoms with Crippen molar-refractivity contribution in [2.45, 2.75) is 32.7 Å². The molecule has 0 bridgehead atoms. The highest BCUT2D eigenvalue weighted by Gasteiger charge is 2.47. The summed E-state index contributed by atoms with van der Waals surface area (Å²) in [7, 11) is 0. The van der Waals surface area contributed by atoms with Gasteiger partial charge in [-0.2, -0.15) is 0 Å². The van der Waals surface area contributed by atoms with E-state index in [-0.39, 0.29) is 22.9 Å². The van der Waals surface area contributed by atoms with E-state index in [9.17, 15) is 23.5 Å². The van der Waals surface area contributed by atoms with Crippen LogP contribution in [0.2, 0.25) is 0 Å². The molecule has 1 saturated heterocycles. The van der Waals surface area contributed by atoms with Gasteiger partial charge in [0.25, 0.3) is 11.7 Å². The predicted octanol–water partition coefficient (Wildman–Crippen LogP) is 6.11. The van der Waals surface area contributed by atoms with Crippen LogP contribution in [-0.2, 0) is 9.59 Å². The van der Waals surface area contributed by atoms with Gasteiger partial charge in [-0.1, -0.05) is 32.0 Å². The molecule has 0 aliphatic carbocycles. The van der Waals surface area contributed by atoms with Gasteiger partial charge < -0.3 is 9.84 Å². The van der Waals surface area contributed by atoms with Crippen molar-refractivity contribution in [3.8, 4) is 5.75 Å². The van der Waals surface area contributed by atoms with Crippen molar-refractivity contribution < 1.29 is 28.2 Å². The molecular formula is C28H25F2NO4. The SMILES string of the molecule is CCOc1ccc(/C(O)=C2/C(=O)C(=O)N(c3cccc(F)c3)C2c2ccc(F)cc2)cc1C(C)C. The Bertz CT molecular complexity index is 1310. The maximum atomic E-state index is 14.0. The van der Waals surface area contributed by atoms with Crippen LogP contribution in [0.15, 0.2) is 72.3 Å². The summed E-state index contributed by atoms with van der Waals surface area (Å²) in [6, 6.07) is 14.5. The summed E-state index contributed by atoms with van der Waals surface area (Å²) in [6.07, 6.45) is 0. The van der Waals surface area contributed by atoms with Crippen molar-refractivity contribution in [2.24, 2.45) is 0 Å². The second kappa shape index (κ2) is 9.70. The highest BCUT2D eigenvalue weighted by Crippen LogP contribution is 2.43. The molecule has 3 aromatic rings. The predicted molar refractivity (Wildman–Crippen MR) is 129 cm³/mol. The van der Waals surface area contributed by atoms with Gasteiger partial charge in [-0.3, -0.25) is 14.5 Å². The van der Waals surface area contributed by atoms with E-state index in [4.69, 9.17) is 4.74 Å². The monoisotopic (exact) mass is 477 g/mol. The Morgan fingerprint density at radius 1 is 1.00 bits per heavy atom. The highest BCUT2D eigenvalue weighted by molar-refractivity contribution is 6.51. The number of hydrogen-bond acceptors (Lipinski definition) is 4. The van der Waals surface area contributed by atoms with Crippen molar-refractivity contribution in [1.82, 2.24) is 0 Å². The summed E-state index contributed by atoms with van der Waals surface area (Å²) in [6.45, 7) is 6.29. The number of aliphatic hydroxyl groups excluding tert-OH is 1. The molecule has 35 heavy (non-hydrogen) atoms. The van der Waals surface area contributed by atoms with Crippen LogP contribution in [0.25, 0.3) is 5.76 Å². The van der Waals surface area contributed by atoms with Crippen LogP contribution in [0.4, 0.5) is 14.5 Å². The average Bonchev–Trinajstić information content (AvgIpc) is 3.10. The van der Waals surface area contributed by atoms with E-state index >= 15 is 0 Å². The van der Waals surface area contributed by atoms with Crippen LogP contribution < -0.4 is 9.64 Å². The smallest absolute Gasteiger partial charge is 0.300 e. The Labute approximate surface area is 202 Å². The summed E-state index contributed by atoms with van der Waals surface area (Å²) < 4.78 is 33.4. The Balaban J connectivity index is 1.93. The summed E-state index contributed by atoms with van der Waals surface area (Å²) in [5, 5.41) is 11.3. The number of hydrogen-bond donors (Lipinski definition) is 1. The summed E-state index contributed by atoms with van der Waals surface area (Å²) in [4.78, 5) is 27.5. The lowest BCUT2D eigenvalue weighted by Crippen LogP contribution is -2.29. The topological polar surface area (TPSA) is 66.8 Å². The largest absolute Gasteiger partial charge is 0.507 e. The molecule has 1 N–H and O–H groups in total. The third-order valence-corrected chi connectivity index (χ3v) is 5.92. The molecular weight excluding hydrogens is 452 g/mol. The van der Waals surface area contributed by atoms with Gasteiger partial charge in [-0.15, -0.1) is 0 Å². The molecule has 1 amide bonds. The number of aliphatic hydroxyl groups is 1. The molecule has 1 heterocycles. The zero-order chi connectivity index (χ0) is 25.3. The zero-order valence-corrected chi connectivity index (χ0v) is 19.6. The second-order valence-electron chi connectivity index (χ2n) is 8.54. The first kappa shape index (κ1) is 24.1. The molecule has 0 radical (unpaired) electrons. The lowest BCUT2D eigenvalue weighted by atomic mass is 9.93. The molecule has 1 unspecified atom stereocenters. The second-order valence-corrected chi connectivity index (χ2v) is 8.54. The molecule has 7 heteroatoms. The highest BCUT2D eigenvalue weighted by atomic mass is 19.1. The van der Waals surface area contributed by atoms with Crippen molar-refractivity contribution in [3.63, 3.8) is 0 Å². The molecule has 3 aromatic carbocycles. The first-order valence-electron chi connectivity index (χ1n) is 11.3. The molecule has 1 aliphatic rings. The standard InChI is InChI=1S/C28H25F2NO4/c1-4-35-23-13-10-18(14-22(23)16(2)3)26(32)24-25(17-8-11-19(29)12-9-17)31(28(34)27(24)33)21-7-5-6-20(30)15-21/h5-16,25,32H,4H2,1-3H3/b26-24-. The van der Waals surface area contributed by atoms with Crippen molar-refractivity contribution >= 4 is 23.1 Å². The van der Waals surface area contributed by atoms with Crippen LogP contribution in [0.1, 0.15) is 49.4 Å². The van der Waals surface area contributed by atoms with Crippen LogP contribution in [0.3, 0.4) is 0 Å². The van der Waals surface area contributed by atoms with Crippen LogP contribution in [0.5, 0.6) is 5.75 Å². The number of carbonyl (C=O) groups excluding carboxylic acids is 2. The van der Waals surface area contributed by atoms with Crippen LogP contribution in [-0.4, -0.2) is 23.4 Å². The lowest BCUT2D eigenvalue weighted by molar-refractivity contribution is -0.132. The minimum Gasteiger partial charge on any atom is -0.507 e. The number of ketones is 1. The van der Waals surface area contributed by atoms with Gasteiger partial charge in [-0.05, 0) is 72.5 Å². The fourth-order valence-corrected chi connectivity index (χ4v) is 4.27. The number of carbonyl (C=O) groups is 2. The number of anilines is 1. The number of ether oxygens (including phenoxy) is 1. The number of rotatable bonds is 6. The van der Waals surface area contributed by atoms with Crippen molar-refractivity contribution in [3.05, 3.63) is 101 Å². The van der Waals surface area contributed by atoms with E-state index in [0.717, 1.165) is 16.5 Å². The molecule has 0 aromatic heterocycles. The lowest BCUT2D eigenvalue weighted by Gasteiger charge is -2.25. The molecule has 0 saturated carbocycles. The van der Waals surface area contributed by atoms with Gasteiger partial charge >= 0.3 is 0 Å². The number of amides is 1. The molecule has 180 valence electrons. The molecule has 1 aliphatic heterocycles. The van der Waals surface area contributed by atoms with Crippen LogP contribution in [0, 0.1) is 11.6 Å².